The molecule has 3 aromatic rings. The minimum atomic E-state index is -0.0129. The number of ether oxygens (including phenoxy) is 1. The van der Waals surface area contributed by atoms with Gasteiger partial charge in [-0.2, -0.15) is 0 Å². The number of piperidine rings is 1. The van der Waals surface area contributed by atoms with E-state index in [1.165, 1.54) is 5.56 Å². The van der Waals surface area contributed by atoms with Crippen molar-refractivity contribution in [2.75, 3.05) is 20.2 Å². The average Bonchev–Trinajstić information content (AvgIpc) is 3.16. The van der Waals surface area contributed by atoms with Gasteiger partial charge in [0, 0.05) is 19.3 Å². The van der Waals surface area contributed by atoms with E-state index in [2.05, 4.69) is 22.4 Å². The molecule has 4 rings (SSSR count). The number of hydrogen-bond donors (Lipinski definition) is 1. The highest BCUT2D eigenvalue weighted by Crippen LogP contribution is 2.33. The quantitative estimate of drug-likeness (QED) is 0.752. The van der Waals surface area contributed by atoms with Gasteiger partial charge in [0.15, 0.2) is 0 Å². The van der Waals surface area contributed by atoms with Crippen LogP contribution in [0.5, 0.6) is 5.75 Å². The maximum Gasteiger partial charge on any atom is 0.317 e. The zero-order valence-electron chi connectivity index (χ0n) is 16.4. The molecule has 0 radical (unpaired) electrons. The summed E-state index contributed by atoms with van der Waals surface area (Å²) in [6.45, 7) is 4.01. The number of nitrogens with one attached hydrogen (secondary N) is 1. The number of benzene rings is 1. The van der Waals surface area contributed by atoms with E-state index in [1.54, 1.807) is 7.11 Å². The molecule has 2 aromatic heterocycles. The lowest BCUT2D eigenvalue weighted by molar-refractivity contribution is 0.180. The number of hydrogen-bond acceptors (Lipinski definition) is 3. The van der Waals surface area contributed by atoms with Gasteiger partial charge in [0.1, 0.15) is 11.4 Å². The first-order valence-electron chi connectivity index (χ1n) is 9.74. The number of fused-ring (bicyclic) bond motifs is 1. The number of rotatable bonds is 4. The molecule has 6 heteroatoms. The van der Waals surface area contributed by atoms with Gasteiger partial charge < -0.3 is 19.4 Å². The lowest BCUT2D eigenvalue weighted by Gasteiger charge is -2.32. The lowest BCUT2D eigenvalue weighted by Crippen LogP contribution is -2.44. The molecular weight excluding hydrogens is 352 g/mol. The predicted octanol–water partition coefficient (Wildman–Crippen LogP) is 3.74. The number of carbonyl (C=O) groups excluding carboxylic acids is 1. The van der Waals surface area contributed by atoms with Crippen LogP contribution in [0, 0.1) is 6.92 Å². The van der Waals surface area contributed by atoms with Crippen LogP contribution in [0.2, 0.25) is 0 Å². The number of para-hydroxylation sites is 1. The van der Waals surface area contributed by atoms with Crippen LogP contribution in [0.1, 0.15) is 35.6 Å². The van der Waals surface area contributed by atoms with Crippen molar-refractivity contribution in [1.29, 1.82) is 0 Å². The largest absolute Gasteiger partial charge is 0.496 e. The van der Waals surface area contributed by atoms with Crippen LogP contribution in [0.15, 0.2) is 48.8 Å². The van der Waals surface area contributed by atoms with E-state index in [1.807, 2.05) is 52.9 Å². The van der Waals surface area contributed by atoms with Crippen LogP contribution in [-0.2, 0) is 6.54 Å². The fraction of sp³-hybridized carbons (Fsp3) is 0.364. The molecule has 1 aliphatic heterocycles. The summed E-state index contributed by atoms with van der Waals surface area (Å²) in [5, 5.41) is 3.05. The summed E-state index contributed by atoms with van der Waals surface area (Å²) in [5.41, 5.74) is 4.28. The highest BCUT2D eigenvalue weighted by molar-refractivity contribution is 5.74. The van der Waals surface area contributed by atoms with Gasteiger partial charge in [-0.1, -0.05) is 24.3 Å². The first-order valence-corrected chi connectivity index (χ1v) is 9.74. The number of methoxy groups -OCH3 is 1. The van der Waals surface area contributed by atoms with Gasteiger partial charge in [-0.25, -0.2) is 9.78 Å². The summed E-state index contributed by atoms with van der Waals surface area (Å²) < 4.78 is 7.53. The summed E-state index contributed by atoms with van der Waals surface area (Å²) in [7, 11) is 1.71. The monoisotopic (exact) mass is 378 g/mol. The molecule has 1 fully saturated rings. The van der Waals surface area contributed by atoms with Crippen molar-refractivity contribution < 1.29 is 9.53 Å². The smallest absolute Gasteiger partial charge is 0.317 e. The molecule has 146 valence electrons. The number of imidazole rings is 1. The Morgan fingerprint density at radius 3 is 2.79 bits per heavy atom. The highest BCUT2D eigenvalue weighted by atomic mass is 16.5. The Labute approximate surface area is 165 Å². The van der Waals surface area contributed by atoms with Crippen molar-refractivity contribution in [2.24, 2.45) is 0 Å². The van der Waals surface area contributed by atoms with Gasteiger partial charge >= 0.3 is 6.03 Å². The van der Waals surface area contributed by atoms with E-state index in [-0.39, 0.29) is 6.03 Å². The maximum atomic E-state index is 12.6. The Balaban J connectivity index is 1.35. The molecule has 0 saturated carbocycles. The number of likely N-dealkylation sites (tertiary alicyclic amines) is 1. The van der Waals surface area contributed by atoms with E-state index in [0.717, 1.165) is 48.6 Å². The number of aryl methyl sites for hydroxylation is 1. The zero-order chi connectivity index (χ0) is 19.5. The third-order valence-corrected chi connectivity index (χ3v) is 5.59. The third kappa shape index (κ3) is 3.54. The normalized spacial score (nSPS) is 15.0. The van der Waals surface area contributed by atoms with E-state index in [0.29, 0.717) is 12.5 Å². The molecular formula is C22H26N4O2. The topological polar surface area (TPSA) is 58.9 Å². The molecule has 0 unspecified atom stereocenters. The van der Waals surface area contributed by atoms with E-state index >= 15 is 0 Å². The Morgan fingerprint density at radius 2 is 2.00 bits per heavy atom. The Kier molecular flexibility index (Phi) is 5.19. The van der Waals surface area contributed by atoms with Crippen molar-refractivity contribution in [3.05, 3.63) is 65.6 Å². The van der Waals surface area contributed by atoms with Crippen LogP contribution in [0.25, 0.3) is 5.65 Å². The van der Waals surface area contributed by atoms with Gasteiger partial charge in [-0.15, -0.1) is 0 Å². The second-order valence-corrected chi connectivity index (χ2v) is 7.30. The van der Waals surface area contributed by atoms with Crippen LogP contribution in [-0.4, -0.2) is 40.5 Å². The number of pyridine rings is 1. The number of nitrogens with zero attached hydrogens (tertiary/aromatic N) is 3. The predicted molar refractivity (Wildman–Crippen MR) is 109 cm³/mol. The Hall–Kier alpha value is -3.02. The summed E-state index contributed by atoms with van der Waals surface area (Å²) in [6, 6.07) is 12.2. The molecule has 0 atom stereocenters. The van der Waals surface area contributed by atoms with Gasteiger partial charge in [-0.05, 0) is 48.9 Å². The molecule has 6 nitrogen and oxygen atoms in total. The second kappa shape index (κ2) is 7.92. The van der Waals surface area contributed by atoms with Crippen LogP contribution < -0.4 is 10.1 Å². The fourth-order valence-corrected chi connectivity index (χ4v) is 4.01. The molecule has 28 heavy (non-hydrogen) atoms. The standard InChI is InChI=1S/C22H26N4O2/c1-16-6-5-11-26-18(14-23-21(16)26)15-24-22(27)25-12-9-17(10-13-25)19-7-3-4-8-20(19)28-2/h3-8,11,14,17H,9-10,12-13,15H2,1-2H3,(H,24,27). The lowest BCUT2D eigenvalue weighted by atomic mass is 9.89. The number of urea groups is 1. The number of carbonyl (C=O) groups is 1. The molecule has 1 saturated heterocycles. The van der Waals surface area contributed by atoms with Gasteiger partial charge in [-0.3, -0.25) is 0 Å². The number of aromatic nitrogens is 2. The molecule has 3 heterocycles. The Bertz CT molecular complexity index is 974. The summed E-state index contributed by atoms with van der Waals surface area (Å²) in [4.78, 5) is 19.0. The van der Waals surface area contributed by atoms with Crippen molar-refractivity contribution in [2.45, 2.75) is 32.2 Å². The summed E-state index contributed by atoms with van der Waals surface area (Å²) in [6.07, 6.45) is 5.71. The SMILES string of the molecule is COc1ccccc1C1CCN(C(=O)NCc2cnc3c(C)cccn23)CC1. The molecule has 0 bridgehead atoms. The average molecular weight is 378 g/mol. The van der Waals surface area contributed by atoms with Crippen molar-refractivity contribution in [3.63, 3.8) is 0 Å². The summed E-state index contributed by atoms with van der Waals surface area (Å²) in [5.74, 6) is 1.37. The molecule has 2 amide bonds. The first-order chi connectivity index (χ1) is 13.7. The minimum Gasteiger partial charge on any atom is -0.496 e. The highest BCUT2D eigenvalue weighted by Gasteiger charge is 2.25. The van der Waals surface area contributed by atoms with Gasteiger partial charge in [0.25, 0.3) is 0 Å². The van der Waals surface area contributed by atoms with Crippen molar-refractivity contribution in [1.82, 2.24) is 19.6 Å². The maximum absolute atomic E-state index is 12.6. The van der Waals surface area contributed by atoms with E-state index in [9.17, 15) is 4.79 Å². The zero-order valence-corrected chi connectivity index (χ0v) is 16.4. The van der Waals surface area contributed by atoms with Crippen LogP contribution in [0.3, 0.4) is 0 Å². The first kappa shape index (κ1) is 18.3. The summed E-state index contributed by atoms with van der Waals surface area (Å²) >= 11 is 0. The molecule has 0 aliphatic carbocycles. The number of amides is 2. The van der Waals surface area contributed by atoms with Gasteiger partial charge in [0.2, 0.25) is 0 Å². The van der Waals surface area contributed by atoms with Crippen LogP contribution in [0.4, 0.5) is 4.79 Å². The molecule has 0 spiro atoms. The van der Waals surface area contributed by atoms with E-state index in [4.69, 9.17) is 4.74 Å². The fourth-order valence-electron chi connectivity index (χ4n) is 4.01. The van der Waals surface area contributed by atoms with Crippen molar-refractivity contribution >= 4 is 11.7 Å². The minimum absolute atomic E-state index is 0.0129. The third-order valence-electron chi connectivity index (χ3n) is 5.59. The van der Waals surface area contributed by atoms with E-state index < -0.39 is 0 Å². The van der Waals surface area contributed by atoms with Gasteiger partial charge in [0.05, 0.1) is 25.5 Å². The molecule has 1 N–H and O–H groups in total. The second-order valence-electron chi connectivity index (χ2n) is 7.30. The molecule has 1 aromatic carbocycles. The van der Waals surface area contributed by atoms with Crippen LogP contribution >= 0.6 is 0 Å². The molecule has 1 aliphatic rings. The van der Waals surface area contributed by atoms with Crippen molar-refractivity contribution in [3.8, 4) is 5.75 Å². The Morgan fingerprint density at radius 1 is 1.21 bits per heavy atom.